The maximum absolute atomic E-state index is 13.8. The second-order valence-corrected chi connectivity index (χ2v) is 12.9. The number of hydrogen-bond donors (Lipinski definition) is 1. The van der Waals surface area contributed by atoms with Crippen LogP contribution in [0.3, 0.4) is 0 Å². The highest BCUT2D eigenvalue weighted by molar-refractivity contribution is 9.10. The van der Waals surface area contributed by atoms with Gasteiger partial charge in [0.15, 0.2) is 6.61 Å². The number of ether oxygens (including phenoxy) is 1. The number of nitrogens with one attached hydrogen (secondary N) is 1. The van der Waals surface area contributed by atoms with Crippen LogP contribution in [0.15, 0.2) is 81.7 Å². The summed E-state index contributed by atoms with van der Waals surface area (Å²) >= 11 is 7.08. The third-order valence-electron chi connectivity index (χ3n) is 6.37. The molecule has 3 aromatic rings. The van der Waals surface area contributed by atoms with Crippen molar-refractivity contribution in [2.45, 2.75) is 59.0 Å². The molecule has 39 heavy (non-hydrogen) atoms. The van der Waals surface area contributed by atoms with Gasteiger partial charge in [0.25, 0.3) is 5.91 Å². The van der Waals surface area contributed by atoms with Crippen molar-refractivity contribution in [3.05, 3.63) is 98.4 Å². The first-order valence-electron chi connectivity index (χ1n) is 13.2. The molecule has 0 bridgehead atoms. The van der Waals surface area contributed by atoms with Crippen LogP contribution in [0.2, 0.25) is 0 Å². The SMILES string of the molecule is CC(C)CNC(=O)[C@@H](Cc1ccccc1)N(Cc1ccc(Br)cc1)C(=O)COc1ccc(C(C)(C)C)cc1Br. The molecule has 3 aromatic carbocycles. The molecule has 1 atom stereocenters. The first-order valence-corrected chi connectivity index (χ1v) is 14.8. The fourth-order valence-electron chi connectivity index (χ4n) is 4.07. The van der Waals surface area contributed by atoms with Crippen molar-refractivity contribution >= 4 is 43.7 Å². The number of benzene rings is 3. The molecular formula is C32H38Br2N2O3. The number of nitrogens with zero attached hydrogens (tertiary/aromatic N) is 1. The number of halogens is 2. The fourth-order valence-corrected chi connectivity index (χ4v) is 4.83. The van der Waals surface area contributed by atoms with Crippen LogP contribution in [-0.2, 0) is 28.0 Å². The predicted octanol–water partition coefficient (Wildman–Crippen LogP) is 7.30. The van der Waals surface area contributed by atoms with Gasteiger partial charge in [0.1, 0.15) is 11.8 Å². The molecule has 7 heteroatoms. The van der Waals surface area contributed by atoms with Gasteiger partial charge >= 0.3 is 0 Å². The first kappa shape index (κ1) is 30.9. The zero-order valence-corrected chi connectivity index (χ0v) is 26.5. The number of carbonyl (C=O) groups excluding carboxylic acids is 2. The van der Waals surface area contributed by atoms with Gasteiger partial charge in [-0.1, -0.05) is 99.1 Å². The Kier molecular flexibility index (Phi) is 11.2. The number of amides is 2. The molecule has 0 saturated heterocycles. The van der Waals surface area contributed by atoms with E-state index in [-0.39, 0.29) is 30.4 Å². The molecule has 0 radical (unpaired) electrons. The third kappa shape index (κ3) is 9.50. The molecule has 0 aliphatic carbocycles. The van der Waals surface area contributed by atoms with Gasteiger partial charge in [-0.3, -0.25) is 9.59 Å². The Balaban J connectivity index is 1.90. The summed E-state index contributed by atoms with van der Waals surface area (Å²) in [4.78, 5) is 29.0. The van der Waals surface area contributed by atoms with Gasteiger partial charge in [0, 0.05) is 24.0 Å². The Morgan fingerprint density at radius 3 is 2.18 bits per heavy atom. The fraction of sp³-hybridized carbons (Fsp3) is 0.375. The maximum atomic E-state index is 13.8. The average molecular weight is 658 g/mol. The van der Waals surface area contributed by atoms with Crippen LogP contribution in [0.4, 0.5) is 0 Å². The minimum Gasteiger partial charge on any atom is -0.483 e. The van der Waals surface area contributed by atoms with Crippen LogP contribution in [0.5, 0.6) is 5.75 Å². The van der Waals surface area contributed by atoms with E-state index in [2.05, 4.69) is 57.9 Å². The zero-order chi connectivity index (χ0) is 28.6. The first-order chi connectivity index (χ1) is 18.4. The van der Waals surface area contributed by atoms with Crippen molar-refractivity contribution in [1.82, 2.24) is 10.2 Å². The van der Waals surface area contributed by atoms with E-state index in [0.717, 1.165) is 25.6 Å². The van der Waals surface area contributed by atoms with Gasteiger partial charge in [-0.25, -0.2) is 0 Å². The molecule has 0 unspecified atom stereocenters. The van der Waals surface area contributed by atoms with Gasteiger partial charge in [-0.05, 0) is 68.2 Å². The van der Waals surface area contributed by atoms with Gasteiger partial charge in [0.05, 0.1) is 4.47 Å². The third-order valence-corrected chi connectivity index (χ3v) is 7.52. The minimum absolute atomic E-state index is 0.00759. The highest BCUT2D eigenvalue weighted by Gasteiger charge is 2.31. The molecule has 3 rings (SSSR count). The van der Waals surface area contributed by atoms with Crippen molar-refractivity contribution < 1.29 is 14.3 Å². The van der Waals surface area contributed by atoms with Gasteiger partial charge in [-0.2, -0.15) is 0 Å². The molecule has 5 nitrogen and oxygen atoms in total. The summed E-state index contributed by atoms with van der Waals surface area (Å²) in [6.07, 6.45) is 0.400. The molecule has 0 heterocycles. The Hall–Kier alpha value is -2.64. The normalized spacial score (nSPS) is 12.2. The summed E-state index contributed by atoms with van der Waals surface area (Å²) in [5.41, 5.74) is 3.07. The lowest BCUT2D eigenvalue weighted by atomic mass is 9.87. The Labute approximate surface area is 249 Å². The van der Waals surface area contributed by atoms with E-state index >= 15 is 0 Å². The molecule has 208 valence electrons. The average Bonchev–Trinajstić information content (AvgIpc) is 2.89. The zero-order valence-electron chi connectivity index (χ0n) is 23.3. The summed E-state index contributed by atoms with van der Waals surface area (Å²) in [5.74, 6) is 0.446. The summed E-state index contributed by atoms with van der Waals surface area (Å²) in [7, 11) is 0. The van der Waals surface area contributed by atoms with Crippen molar-refractivity contribution in [1.29, 1.82) is 0 Å². The van der Waals surface area contributed by atoms with E-state index in [1.54, 1.807) is 4.90 Å². The van der Waals surface area contributed by atoms with Crippen LogP contribution < -0.4 is 10.1 Å². The number of hydrogen-bond acceptors (Lipinski definition) is 3. The van der Waals surface area contributed by atoms with Crippen LogP contribution >= 0.6 is 31.9 Å². The van der Waals surface area contributed by atoms with Crippen LogP contribution in [0, 0.1) is 5.92 Å². The van der Waals surface area contributed by atoms with E-state index < -0.39 is 6.04 Å². The molecule has 0 spiro atoms. The van der Waals surface area contributed by atoms with Crippen molar-refractivity contribution in [2.24, 2.45) is 5.92 Å². The lowest BCUT2D eigenvalue weighted by Crippen LogP contribution is -2.52. The second kappa shape index (κ2) is 14.1. The van der Waals surface area contributed by atoms with Gasteiger partial charge < -0.3 is 15.0 Å². The molecular weight excluding hydrogens is 620 g/mol. The molecule has 0 saturated carbocycles. The van der Waals surface area contributed by atoms with Crippen LogP contribution in [-0.4, -0.2) is 35.9 Å². The summed E-state index contributed by atoms with van der Waals surface area (Å²) in [6, 6.07) is 22.8. The molecule has 0 fully saturated rings. The van der Waals surface area contributed by atoms with Crippen LogP contribution in [0.25, 0.3) is 0 Å². The minimum atomic E-state index is -0.697. The molecule has 0 aliphatic rings. The van der Waals surface area contributed by atoms with E-state index in [0.29, 0.717) is 24.6 Å². The number of rotatable bonds is 11. The standard InChI is InChI=1S/C32H38Br2N2O3/c1-22(2)19-35-31(38)28(17-23-9-7-6-8-10-23)36(20-24-11-14-26(33)15-12-24)30(37)21-39-29-16-13-25(18-27(29)34)32(3,4)5/h6-16,18,22,28H,17,19-21H2,1-5H3,(H,35,38)/t28-/m1/s1. The summed E-state index contributed by atoms with van der Waals surface area (Å²) < 4.78 is 7.75. The van der Waals surface area contributed by atoms with E-state index in [1.165, 1.54) is 0 Å². The maximum Gasteiger partial charge on any atom is 0.261 e. The van der Waals surface area contributed by atoms with E-state index in [9.17, 15) is 9.59 Å². The van der Waals surface area contributed by atoms with Crippen molar-refractivity contribution in [2.75, 3.05) is 13.2 Å². The quantitative estimate of drug-likeness (QED) is 0.235. The summed E-state index contributed by atoms with van der Waals surface area (Å²) in [5, 5.41) is 3.05. The lowest BCUT2D eigenvalue weighted by molar-refractivity contribution is -0.142. The van der Waals surface area contributed by atoms with Gasteiger partial charge in [-0.15, -0.1) is 0 Å². The topological polar surface area (TPSA) is 58.6 Å². The second-order valence-electron chi connectivity index (χ2n) is 11.2. The molecule has 0 aromatic heterocycles. The Morgan fingerprint density at radius 1 is 0.923 bits per heavy atom. The predicted molar refractivity (Wildman–Crippen MR) is 165 cm³/mol. The Bertz CT molecular complexity index is 1240. The highest BCUT2D eigenvalue weighted by Crippen LogP contribution is 2.31. The highest BCUT2D eigenvalue weighted by atomic mass is 79.9. The van der Waals surface area contributed by atoms with Crippen LogP contribution in [0.1, 0.15) is 51.3 Å². The lowest BCUT2D eigenvalue weighted by Gasteiger charge is -2.32. The van der Waals surface area contributed by atoms with Crippen molar-refractivity contribution in [3.8, 4) is 5.75 Å². The smallest absolute Gasteiger partial charge is 0.261 e. The summed E-state index contributed by atoms with van der Waals surface area (Å²) in [6.45, 7) is 11.2. The molecule has 2 amide bonds. The van der Waals surface area contributed by atoms with E-state index in [4.69, 9.17) is 4.74 Å². The largest absolute Gasteiger partial charge is 0.483 e. The molecule has 0 aliphatic heterocycles. The van der Waals surface area contributed by atoms with Crippen molar-refractivity contribution in [3.63, 3.8) is 0 Å². The van der Waals surface area contributed by atoms with E-state index in [1.807, 2.05) is 86.6 Å². The number of carbonyl (C=O) groups is 2. The Morgan fingerprint density at radius 2 is 1.59 bits per heavy atom. The monoisotopic (exact) mass is 656 g/mol. The molecule has 1 N–H and O–H groups in total. The van der Waals surface area contributed by atoms with Gasteiger partial charge in [0.2, 0.25) is 5.91 Å².